The molecule has 1 aliphatic heterocycles. The van der Waals surface area contributed by atoms with Gasteiger partial charge in [0, 0.05) is 0 Å². The summed E-state index contributed by atoms with van der Waals surface area (Å²) in [5.41, 5.74) is 0. The Morgan fingerprint density at radius 1 is 1.67 bits per heavy atom. The highest BCUT2D eigenvalue weighted by molar-refractivity contribution is 4.94. The Morgan fingerprint density at radius 3 is 2.67 bits per heavy atom. The lowest BCUT2D eigenvalue weighted by atomic mass is 10.3. The van der Waals surface area contributed by atoms with Gasteiger partial charge in [-0.15, -0.1) is 12.6 Å². The normalized spacial score (nSPS) is 34.5. The van der Waals surface area contributed by atoms with Gasteiger partial charge in [0.05, 0.1) is 0 Å². The van der Waals surface area contributed by atoms with E-state index in [1.165, 1.54) is 12.8 Å². The SMILES string of the molecule is C[C@@H]1CCC[N-]1. The summed E-state index contributed by atoms with van der Waals surface area (Å²) in [5.74, 6) is 0. The topological polar surface area (TPSA) is 14.1 Å². The first-order valence-corrected chi connectivity index (χ1v) is 2.56. The third kappa shape index (κ3) is 0.716. The van der Waals surface area contributed by atoms with Crippen LogP contribution in [0.15, 0.2) is 0 Å². The molecule has 0 unspecified atom stereocenters. The summed E-state index contributed by atoms with van der Waals surface area (Å²) in [5, 5.41) is 4.24. The lowest BCUT2D eigenvalue weighted by molar-refractivity contribution is 0.810. The van der Waals surface area contributed by atoms with Crippen molar-refractivity contribution in [1.29, 1.82) is 0 Å². The predicted octanol–water partition coefficient (Wildman–Crippen LogP) is 1.54. The average molecular weight is 84.1 g/mol. The van der Waals surface area contributed by atoms with Crippen LogP contribution in [0.5, 0.6) is 0 Å². The lowest BCUT2D eigenvalue weighted by Crippen LogP contribution is -1.86. The van der Waals surface area contributed by atoms with E-state index in [1.54, 1.807) is 0 Å². The lowest BCUT2D eigenvalue weighted by Gasteiger charge is -2.14. The first kappa shape index (κ1) is 4.13. The molecule has 0 spiro atoms. The van der Waals surface area contributed by atoms with Crippen LogP contribution in [0.25, 0.3) is 5.32 Å². The molecule has 0 aromatic rings. The molecular weight excluding hydrogens is 74.1 g/mol. The molecule has 0 amide bonds. The van der Waals surface area contributed by atoms with Crippen molar-refractivity contribution < 1.29 is 0 Å². The van der Waals surface area contributed by atoms with Crippen LogP contribution >= 0.6 is 0 Å². The van der Waals surface area contributed by atoms with E-state index in [-0.39, 0.29) is 0 Å². The minimum Gasteiger partial charge on any atom is -0.660 e. The zero-order valence-electron chi connectivity index (χ0n) is 4.15. The molecule has 1 heterocycles. The summed E-state index contributed by atoms with van der Waals surface area (Å²) in [7, 11) is 0. The van der Waals surface area contributed by atoms with Crippen LogP contribution in [0.4, 0.5) is 0 Å². The van der Waals surface area contributed by atoms with E-state index in [0.717, 1.165) is 6.54 Å². The average Bonchev–Trinajstić information content (AvgIpc) is 1.86. The molecule has 1 aliphatic rings. The highest BCUT2D eigenvalue weighted by Crippen LogP contribution is 2.15. The van der Waals surface area contributed by atoms with Crippen molar-refractivity contribution in [2.24, 2.45) is 0 Å². The Hall–Kier alpha value is -0.0400. The maximum Gasteiger partial charge on any atom is -0.0714 e. The zero-order chi connectivity index (χ0) is 4.41. The van der Waals surface area contributed by atoms with Crippen molar-refractivity contribution in [3.8, 4) is 0 Å². The van der Waals surface area contributed by atoms with Gasteiger partial charge in [-0.1, -0.05) is 19.8 Å². The second-order valence-electron chi connectivity index (χ2n) is 1.90. The molecule has 1 heteroatoms. The monoisotopic (exact) mass is 84.1 g/mol. The summed E-state index contributed by atoms with van der Waals surface area (Å²) >= 11 is 0. The maximum atomic E-state index is 4.24. The van der Waals surface area contributed by atoms with Crippen LogP contribution in [0.3, 0.4) is 0 Å². The molecule has 1 rings (SSSR count). The Kier molecular flexibility index (Phi) is 1.10. The van der Waals surface area contributed by atoms with Crippen LogP contribution < -0.4 is 0 Å². The largest absolute Gasteiger partial charge is 0.660 e. The number of hydrogen-bond acceptors (Lipinski definition) is 0. The molecule has 36 valence electrons. The van der Waals surface area contributed by atoms with Crippen LogP contribution in [-0.2, 0) is 0 Å². The number of hydrogen-bond donors (Lipinski definition) is 0. The van der Waals surface area contributed by atoms with E-state index in [9.17, 15) is 0 Å². The molecule has 1 nitrogen and oxygen atoms in total. The van der Waals surface area contributed by atoms with Gasteiger partial charge >= 0.3 is 0 Å². The minimum atomic E-state index is 0.671. The zero-order valence-corrected chi connectivity index (χ0v) is 4.15. The first-order chi connectivity index (χ1) is 2.89. The summed E-state index contributed by atoms with van der Waals surface area (Å²) in [6.07, 6.45) is 2.64. The van der Waals surface area contributed by atoms with Crippen LogP contribution in [-0.4, -0.2) is 12.6 Å². The minimum absolute atomic E-state index is 0.671. The van der Waals surface area contributed by atoms with Crippen LogP contribution in [0.1, 0.15) is 19.8 Å². The van der Waals surface area contributed by atoms with E-state index < -0.39 is 0 Å². The second-order valence-corrected chi connectivity index (χ2v) is 1.90. The number of nitrogens with zero attached hydrogens (tertiary/aromatic N) is 1. The molecule has 0 aromatic heterocycles. The van der Waals surface area contributed by atoms with Crippen molar-refractivity contribution >= 4 is 0 Å². The Balaban J connectivity index is 2.18. The van der Waals surface area contributed by atoms with E-state index in [1.807, 2.05) is 0 Å². The van der Waals surface area contributed by atoms with Crippen molar-refractivity contribution in [2.45, 2.75) is 25.8 Å². The first-order valence-electron chi connectivity index (χ1n) is 2.56. The highest BCUT2D eigenvalue weighted by atomic mass is 14.9. The second kappa shape index (κ2) is 1.61. The summed E-state index contributed by atoms with van der Waals surface area (Å²) in [6.45, 7) is 3.29. The standard InChI is InChI=1S/C5H10N/c1-5-3-2-4-6-5/h5H,2-4H2,1H3/q-1/t5-/m1/s1. The smallest absolute Gasteiger partial charge is 0.0714 e. The van der Waals surface area contributed by atoms with Crippen molar-refractivity contribution in [3.63, 3.8) is 0 Å². The fourth-order valence-corrected chi connectivity index (χ4v) is 0.790. The quantitative estimate of drug-likeness (QED) is 0.422. The van der Waals surface area contributed by atoms with E-state index >= 15 is 0 Å². The summed E-state index contributed by atoms with van der Waals surface area (Å²) < 4.78 is 0. The molecule has 1 atom stereocenters. The van der Waals surface area contributed by atoms with Crippen LogP contribution in [0.2, 0.25) is 0 Å². The van der Waals surface area contributed by atoms with Gasteiger partial charge in [-0.25, -0.2) is 0 Å². The van der Waals surface area contributed by atoms with Crippen molar-refractivity contribution in [1.82, 2.24) is 0 Å². The van der Waals surface area contributed by atoms with E-state index in [0.29, 0.717) is 6.04 Å². The molecular formula is C5H10N-. The summed E-state index contributed by atoms with van der Waals surface area (Å²) in [6, 6.07) is 0.671. The Bertz CT molecular complexity index is 37.2. The van der Waals surface area contributed by atoms with E-state index in [2.05, 4.69) is 12.2 Å². The highest BCUT2D eigenvalue weighted by Gasteiger charge is 1.93. The molecule has 0 aliphatic carbocycles. The third-order valence-corrected chi connectivity index (χ3v) is 1.22. The molecule has 0 aromatic carbocycles. The van der Waals surface area contributed by atoms with Gasteiger partial charge in [0.1, 0.15) is 0 Å². The van der Waals surface area contributed by atoms with Crippen LogP contribution in [0, 0.1) is 0 Å². The van der Waals surface area contributed by atoms with Gasteiger partial charge in [-0.05, 0) is 0 Å². The maximum absolute atomic E-state index is 4.24. The molecule has 6 heavy (non-hydrogen) atoms. The number of rotatable bonds is 0. The van der Waals surface area contributed by atoms with Gasteiger partial charge in [0.15, 0.2) is 0 Å². The van der Waals surface area contributed by atoms with Crippen molar-refractivity contribution in [2.75, 3.05) is 6.54 Å². The summed E-state index contributed by atoms with van der Waals surface area (Å²) in [4.78, 5) is 0. The van der Waals surface area contributed by atoms with Gasteiger partial charge in [0.25, 0.3) is 0 Å². The Morgan fingerprint density at radius 2 is 2.50 bits per heavy atom. The van der Waals surface area contributed by atoms with Crippen molar-refractivity contribution in [3.05, 3.63) is 5.32 Å². The van der Waals surface area contributed by atoms with Gasteiger partial charge in [-0.2, -0.15) is 0 Å². The molecule has 0 bridgehead atoms. The fourth-order valence-electron chi connectivity index (χ4n) is 0.790. The predicted molar refractivity (Wildman–Crippen MR) is 26.9 cm³/mol. The molecule has 0 N–H and O–H groups in total. The molecule has 1 saturated heterocycles. The fraction of sp³-hybridized carbons (Fsp3) is 1.00. The molecule has 0 radical (unpaired) electrons. The Labute approximate surface area is 38.7 Å². The van der Waals surface area contributed by atoms with Gasteiger partial charge < -0.3 is 5.32 Å². The van der Waals surface area contributed by atoms with E-state index in [4.69, 9.17) is 0 Å². The molecule has 0 saturated carbocycles. The molecule has 1 fully saturated rings. The van der Waals surface area contributed by atoms with Gasteiger partial charge in [-0.3, -0.25) is 0 Å². The third-order valence-electron chi connectivity index (χ3n) is 1.22. The van der Waals surface area contributed by atoms with Gasteiger partial charge in [0.2, 0.25) is 0 Å².